The summed E-state index contributed by atoms with van der Waals surface area (Å²) in [5.41, 5.74) is 0. The average molecular weight is 203 g/mol. The molecule has 0 aliphatic carbocycles. The smallest absolute Gasteiger partial charge is 0.0926 e. The third-order valence-electron chi connectivity index (χ3n) is 2.70. The van der Waals surface area contributed by atoms with E-state index >= 15 is 0 Å². The molecule has 0 saturated carbocycles. The first-order valence-electron chi connectivity index (χ1n) is 5.40. The van der Waals surface area contributed by atoms with Gasteiger partial charge in [-0.05, 0) is 13.0 Å². The summed E-state index contributed by atoms with van der Waals surface area (Å²) < 4.78 is 0. The third kappa shape index (κ3) is 3.53. The lowest BCUT2D eigenvalue weighted by molar-refractivity contribution is 0.000723. The Morgan fingerprint density at radius 1 is 1.14 bits per heavy atom. The molecule has 0 aromatic carbocycles. The highest BCUT2D eigenvalue weighted by Gasteiger charge is 2.27. The van der Waals surface area contributed by atoms with Crippen LogP contribution >= 0.6 is 0 Å². The molecule has 1 fully saturated rings. The summed E-state index contributed by atoms with van der Waals surface area (Å²) in [6, 6.07) is 0. The largest absolute Gasteiger partial charge is 0.392 e. The van der Waals surface area contributed by atoms with Crippen molar-refractivity contribution in [2.75, 3.05) is 19.6 Å². The number of rotatable bonds is 3. The van der Waals surface area contributed by atoms with Crippen molar-refractivity contribution in [3.8, 4) is 0 Å². The first kappa shape index (κ1) is 11.9. The van der Waals surface area contributed by atoms with Gasteiger partial charge in [0.2, 0.25) is 0 Å². The van der Waals surface area contributed by atoms with E-state index in [1.165, 1.54) is 0 Å². The van der Waals surface area contributed by atoms with E-state index in [4.69, 9.17) is 0 Å². The zero-order chi connectivity index (χ0) is 10.6. The third-order valence-corrected chi connectivity index (χ3v) is 2.70. The Morgan fingerprint density at radius 3 is 2.50 bits per heavy atom. The summed E-state index contributed by atoms with van der Waals surface area (Å²) in [7, 11) is 0. The second-order valence-corrected chi connectivity index (χ2v) is 4.14. The van der Waals surface area contributed by atoms with Gasteiger partial charge in [-0.3, -0.25) is 4.90 Å². The van der Waals surface area contributed by atoms with Gasteiger partial charge in [0.05, 0.1) is 18.3 Å². The molecule has 1 saturated heterocycles. The quantitative estimate of drug-likeness (QED) is 0.582. The maximum absolute atomic E-state index is 9.54. The van der Waals surface area contributed by atoms with Crippen LogP contribution in [0.4, 0.5) is 0 Å². The van der Waals surface area contributed by atoms with E-state index in [9.17, 15) is 15.3 Å². The molecule has 0 spiro atoms. The molecular formula is C10H21NO3. The fourth-order valence-corrected chi connectivity index (χ4v) is 1.83. The molecule has 0 unspecified atom stereocenters. The lowest BCUT2D eigenvalue weighted by atomic mass is 10.1. The van der Waals surface area contributed by atoms with E-state index in [1.807, 2.05) is 4.90 Å². The van der Waals surface area contributed by atoms with Crippen molar-refractivity contribution in [3.05, 3.63) is 0 Å². The summed E-state index contributed by atoms with van der Waals surface area (Å²) in [5.74, 6) is 0. The van der Waals surface area contributed by atoms with Gasteiger partial charge >= 0.3 is 0 Å². The topological polar surface area (TPSA) is 63.9 Å². The molecule has 3 atom stereocenters. The molecule has 1 aliphatic heterocycles. The summed E-state index contributed by atoms with van der Waals surface area (Å²) in [4.78, 5) is 2.02. The Bertz CT molecular complexity index is 165. The highest BCUT2D eigenvalue weighted by atomic mass is 16.3. The monoisotopic (exact) mass is 203 g/mol. The molecule has 0 amide bonds. The van der Waals surface area contributed by atoms with Crippen LogP contribution in [0.2, 0.25) is 0 Å². The zero-order valence-electron chi connectivity index (χ0n) is 8.76. The van der Waals surface area contributed by atoms with Crippen molar-refractivity contribution in [3.63, 3.8) is 0 Å². The van der Waals surface area contributed by atoms with Gasteiger partial charge in [-0.2, -0.15) is 0 Å². The molecule has 84 valence electrons. The van der Waals surface area contributed by atoms with Crippen molar-refractivity contribution in [1.29, 1.82) is 0 Å². The summed E-state index contributed by atoms with van der Waals surface area (Å²) in [5, 5.41) is 28.5. The molecular weight excluding hydrogens is 182 g/mol. The number of hydrogen-bond donors (Lipinski definition) is 3. The number of hydrogen-bond acceptors (Lipinski definition) is 4. The maximum Gasteiger partial charge on any atom is 0.0926 e. The Morgan fingerprint density at radius 2 is 1.86 bits per heavy atom. The van der Waals surface area contributed by atoms with E-state index in [-0.39, 0.29) is 6.42 Å². The number of likely N-dealkylation sites (tertiary alicyclic amines) is 1. The van der Waals surface area contributed by atoms with Crippen LogP contribution in [0.15, 0.2) is 0 Å². The van der Waals surface area contributed by atoms with E-state index < -0.39 is 18.3 Å². The molecule has 0 radical (unpaired) electrons. The van der Waals surface area contributed by atoms with E-state index in [2.05, 4.69) is 6.92 Å². The molecule has 3 N–H and O–H groups in total. The molecule has 0 aromatic rings. The minimum absolute atomic E-state index is 0.282. The molecule has 1 rings (SSSR count). The highest BCUT2D eigenvalue weighted by Crippen LogP contribution is 2.12. The first-order valence-corrected chi connectivity index (χ1v) is 5.40. The number of unbranched alkanes of at least 4 members (excludes halogenated alkanes) is 1. The number of aliphatic hydroxyl groups excluding tert-OH is 3. The van der Waals surface area contributed by atoms with Crippen LogP contribution < -0.4 is 0 Å². The molecule has 0 aromatic heterocycles. The number of nitrogens with zero attached hydrogens (tertiary/aromatic N) is 1. The minimum atomic E-state index is -0.781. The van der Waals surface area contributed by atoms with E-state index in [1.54, 1.807) is 0 Å². The highest BCUT2D eigenvalue weighted by molar-refractivity contribution is 4.81. The molecule has 4 heteroatoms. The summed E-state index contributed by atoms with van der Waals surface area (Å²) >= 11 is 0. The van der Waals surface area contributed by atoms with Gasteiger partial charge in [-0.15, -0.1) is 0 Å². The fraction of sp³-hybridized carbons (Fsp3) is 1.00. The molecule has 1 heterocycles. The van der Waals surface area contributed by atoms with Gasteiger partial charge in [0, 0.05) is 19.5 Å². The van der Waals surface area contributed by atoms with Crippen molar-refractivity contribution >= 4 is 0 Å². The van der Waals surface area contributed by atoms with Gasteiger partial charge in [-0.25, -0.2) is 0 Å². The number of aliphatic hydroxyl groups is 3. The van der Waals surface area contributed by atoms with Gasteiger partial charge in [0.25, 0.3) is 0 Å². The maximum atomic E-state index is 9.54. The lowest BCUT2D eigenvalue weighted by Crippen LogP contribution is -2.37. The number of β-amino-alcohol motifs (C(OH)–C–C–N with tert-alkyl or cyclic N) is 2. The van der Waals surface area contributed by atoms with Crippen molar-refractivity contribution in [1.82, 2.24) is 4.90 Å². The first-order chi connectivity index (χ1) is 6.63. The van der Waals surface area contributed by atoms with Crippen LogP contribution in [0.3, 0.4) is 0 Å². The Hall–Kier alpha value is -0.160. The lowest BCUT2D eigenvalue weighted by Gasteiger charge is -2.22. The van der Waals surface area contributed by atoms with Gasteiger partial charge in [0.1, 0.15) is 0 Å². The Kier molecular flexibility index (Phi) is 4.81. The van der Waals surface area contributed by atoms with Crippen LogP contribution in [0.25, 0.3) is 0 Å². The van der Waals surface area contributed by atoms with Gasteiger partial charge in [-0.1, -0.05) is 13.3 Å². The predicted octanol–water partition coefficient (Wildman–Crippen LogP) is -0.425. The SMILES string of the molecule is CCCCN1C[C@H](O)C[C@@H](O)[C@@H](O)C1. The second kappa shape index (κ2) is 5.66. The summed E-state index contributed by atoms with van der Waals surface area (Å²) in [6.07, 6.45) is 0.435. The van der Waals surface area contributed by atoms with Crippen LogP contribution in [0.5, 0.6) is 0 Å². The molecule has 14 heavy (non-hydrogen) atoms. The zero-order valence-corrected chi connectivity index (χ0v) is 8.76. The molecule has 4 nitrogen and oxygen atoms in total. The molecule has 1 aliphatic rings. The normalized spacial score (nSPS) is 35.6. The van der Waals surface area contributed by atoms with Crippen molar-refractivity contribution in [2.45, 2.75) is 44.5 Å². The summed E-state index contributed by atoms with van der Waals surface area (Å²) in [6.45, 7) is 4.03. The minimum Gasteiger partial charge on any atom is -0.392 e. The van der Waals surface area contributed by atoms with Gasteiger partial charge < -0.3 is 15.3 Å². The predicted molar refractivity (Wildman–Crippen MR) is 54.0 cm³/mol. The Labute approximate surface area is 85.2 Å². The van der Waals surface area contributed by atoms with Crippen molar-refractivity contribution < 1.29 is 15.3 Å². The standard InChI is InChI=1S/C10H21NO3/c1-2-3-4-11-6-8(12)5-9(13)10(14)7-11/h8-10,12-14H,2-7H2,1H3/t8-,9-,10+/m1/s1. The second-order valence-electron chi connectivity index (χ2n) is 4.14. The van der Waals surface area contributed by atoms with Crippen LogP contribution in [-0.4, -0.2) is 58.2 Å². The Balaban J connectivity index is 2.43. The van der Waals surface area contributed by atoms with E-state index in [0.717, 1.165) is 19.4 Å². The van der Waals surface area contributed by atoms with Crippen LogP contribution in [-0.2, 0) is 0 Å². The van der Waals surface area contributed by atoms with Crippen LogP contribution in [0, 0.1) is 0 Å². The molecule has 0 bridgehead atoms. The fourth-order valence-electron chi connectivity index (χ4n) is 1.83. The van der Waals surface area contributed by atoms with Gasteiger partial charge in [0.15, 0.2) is 0 Å². The average Bonchev–Trinajstić information content (AvgIpc) is 2.23. The van der Waals surface area contributed by atoms with Crippen LogP contribution in [0.1, 0.15) is 26.2 Å². The van der Waals surface area contributed by atoms with E-state index in [0.29, 0.717) is 13.1 Å². The van der Waals surface area contributed by atoms with Crippen molar-refractivity contribution in [2.24, 2.45) is 0 Å².